The topological polar surface area (TPSA) is 89.5 Å². The second-order valence-electron chi connectivity index (χ2n) is 11.0. The minimum atomic E-state index is -0.199. The molecule has 52 heavy (non-hydrogen) atoms. The quantitative estimate of drug-likeness (QED) is 0.0483. The fraction of sp³-hybridized carbons (Fsp3) is 0.136. The summed E-state index contributed by atoms with van der Waals surface area (Å²) in [5.41, 5.74) is 3.48. The number of ketones is 2. The van der Waals surface area contributed by atoms with Crippen molar-refractivity contribution in [1.82, 2.24) is 0 Å². The van der Waals surface area contributed by atoms with Gasteiger partial charge in [-0.3, -0.25) is 9.59 Å². The third-order valence-corrected chi connectivity index (χ3v) is 7.44. The molecule has 0 fully saturated rings. The molecule has 266 valence electrons. The lowest BCUT2D eigenvalue weighted by molar-refractivity contribution is 0.103. The van der Waals surface area contributed by atoms with E-state index in [1.165, 1.54) is 26.4 Å². The summed E-state index contributed by atoms with van der Waals surface area (Å²) in [6.07, 6.45) is 12.9. The first-order valence-electron chi connectivity index (χ1n) is 16.4. The van der Waals surface area contributed by atoms with E-state index in [1.807, 2.05) is 12.1 Å². The van der Waals surface area contributed by atoms with Crippen molar-refractivity contribution < 1.29 is 38.0 Å². The normalized spacial score (nSPS) is 10.7. The van der Waals surface area contributed by atoms with Crippen molar-refractivity contribution in [2.24, 2.45) is 0 Å². The molecule has 0 aromatic heterocycles. The third kappa shape index (κ3) is 10.2. The van der Waals surface area contributed by atoms with Gasteiger partial charge in [0, 0.05) is 22.3 Å². The Morgan fingerprint density at radius 2 is 0.865 bits per heavy atom. The van der Waals surface area contributed by atoms with Gasteiger partial charge in [-0.05, 0) is 96.1 Å². The maximum absolute atomic E-state index is 13.1. The minimum Gasteiger partial charge on any atom is -0.493 e. The number of hydrogen-bond acceptors (Lipinski definition) is 8. The van der Waals surface area contributed by atoms with Gasteiger partial charge >= 0.3 is 0 Å². The van der Waals surface area contributed by atoms with Gasteiger partial charge < -0.3 is 28.4 Å². The molecule has 0 heterocycles. The molecule has 0 amide bonds. The smallest absolute Gasteiger partial charge is 0.185 e. The van der Waals surface area contributed by atoms with Gasteiger partial charge in [0.05, 0.1) is 14.2 Å². The Balaban J connectivity index is 1.78. The molecule has 0 saturated heterocycles. The molecule has 0 aliphatic heterocycles. The van der Waals surface area contributed by atoms with E-state index in [1.54, 1.807) is 97.1 Å². The van der Waals surface area contributed by atoms with Crippen molar-refractivity contribution in [3.8, 4) is 45.6 Å². The lowest BCUT2D eigenvalue weighted by Gasteiger charge is -2.20. The summed E-state index contributed by atoms with van der Waals surface area (Å²) < 4.78 is 34.9. The Bertz CT molecular complexity index is 1810. The Labute approximate surface area is 305 Å². The molecule has 4 rings (SSSR count). The highest BCUT2D eigenvalue weighted by Crippen LogP contribution is 2.47. The highest BCUT2D eigenvalue weighted by molar-refractivity contribution is 6.07. The van der Waals surface area contributed by atoms with E-state index in [-0.39, 0.29) is 24.8 Å². The number of ether oxygens (including phenoxy) is 6. The number of benzene rings is 4. The molecule has 0 atom stereocenters. The van der Waals surface area contributed by atoms with Crippen LogP contribution in [0, 0.1) is 0 Å². The van der Waals surface area contributed by atoms with Crippen LogP contribution in [-0.4, -0.2) is 52.2 Å². The van der Waals surface area contributed by atoms with Gasteiger partial charge in [0.1, 0.15) is 37.9 Å². The second kappa shape index (κ2) is 19.6. The first-order chi connectivity index (χ1) is 25.3. The summed E-state index contributed by atoms with van der Waals surface area (Å²) in [5, 5.41) is 0. The van der Waals surface area contributed by atoms with Crippen molar-refractivity contribution in [2.45, 2.75) is 0 Å². The highest BCUT2D eigenvalue weighted by Gasteiger charge is 2.22. The van der Waals surface area contributed by atoms with Crippen LogP contribution in [0.5, 0.6) is 34.5 Å². The van der Waals surface area contributed by atoms with Gasteiger partial charge in [0.25, 0.3) is 0 Å². The number of carbonyl (C=O) groups excluding carboxylic acids is 2. The fourth-order valence-electron chi connectivity index (χ4n) is 5.00. The van der Waals surface area contributed by atoms with Crippen LogP contribution in [0.15, 0.2) is 136 Å². The van der Waals surface area contributed by atoms with Crippen molar-refractivity contribution in [1.29, 1.82) is 0 Å². The molecular weight excluding hydrogens is 656 g/mol. The zero-order valence-corrected chi connectivity index (χ0v) is 29.5. The number of carbonyl (C=O) groups is 2. The van der Waals surface area contributed by atoms with Gasteiger partial charge in [0.2, 0.25) is 0 Å². The Hall–Kier alpha value is -6.54. The largest absolute Gasteiger partial charge is 0.493 e. The van der Waals surface area contributed by atoms with Crippen LogP contribution in [0.3, 0.4) is 0 Å². The van der Waals surface area contributed by atoms with E-state index in [9.17, 15) is 9.59 Å². The van der Waals surface area contributed by atoms with Gasteiger partial charge in [0.15, 0.2) is 34.6 Å². The first-order valence-corrected chi connectivity index (χ1v) is 16.4. The number of hydrogen-bond donors (Lipinski definition) is 0. The summed E-state index contributed by atoms with van der Waals surface area (Å²) in [7, 11) is 3.07. The Morgan fingerprint density at radius 3 is 1.19 bits per heavy atom. The average molecular weight is 699 g/mol. The van der Waals surface area contributed by atoms with Crippen molar-refractivity contribution in [2.75, 3.05) is 40.6 Å². The summed E-state index contributed by atoms with van der Waals surface area (Å²) in [6, 6.07) is 21.0. The predicted molar refractivity (Wildman–Crippen MR) is 207 cm³/mol. The molecule has 0 bridgehead atoms. The molecule has 8 heteroatoms. The third-order valence-electron chi connectivity index (χ3n) is 7.44. The van der Waals surface area contributed by atoms with E-state index in [4.69, 9.17) is 28.4 Å². The van der Waals surface area contributed by atoms with Gasteiger partial charge in [-0.2, -0.15) is 0 Å². The molecule has 8 nitrogen and oxygen atoms in total. The molecule has 0 aliphatic rings. The van der Waals surface area contributed by atoms with Crippen molar-refractivity contribution >= 4 is 23.7 Å². The van der Waals surface area contributed by atoms with Crippen LogP contribution in [0.25, 0.3) is 23.3 Å². The lowest BCUT2D eigenvalue weighted by atomic mass is 9.96. The molecular formula is C44H42O8. The van der Waals surface area contributed by atoms with Gasteiger partial charge in [-0.1, -0.05) is 62.8 Å². The molecule has 0 unspecified atom stereocenters. The fourth-order valence-corrected chi connectivity index (χ4v) is 5.00. The molecule has 0 aliphatic carbocycles. The summed E-state index contributed by atoms with van der Waals surface area (Å²) in [6.45, 7) is 16.0. The Morgan fingerprint density at radius 1 is 0.519 bits per heavy atom. The average Bonchev–Trinajstić information content (AvgIpc) is 3.18. The standard InChI is InChI=1S/C44H42O8/c1-7-23-49-35-17-13-33(14-18-35)39(45)21-11-31-27-37(43(51-25-9-3)41(29-31)47-5)38-28-32(30-42(48-6)44(38)52-26-10-4)12-22-40(46)34-15-19-36(20-16-34)50-24-8-2/h7-22,27-30H,1-4,23-26H2,5-6H3/b21-11+,22-12+. The van der Waals surface area contributed by atoms with Gasteiger partial charge in [-0.25, -0.2) is 0 Å². The van der Waals surface area contributed by atoms with Crippen LogP contribution in [-0.2, 0) is 0 Å². The predicted octanol–water partition coefficient (Wildman–Crippen LogP) is 9.42. The summed E-state index contributed by atoms with van der Waals surface area (Å²) in [5.74, 6) is 2.55. The van der Waals surface area contributed by atoms with Crippen LogP contribution in [0.1, 0.15) is 31.8 Å². The molecule has 4 aromatic carbocycles. The van der Waals surface area contributed by atoms with E-state index >= 15 is 0 Å². The molecule has 0 N–H and O–H groups in total. The van der Waals surface area contributed by atoms with E-state index in [2.05, 4.69) is 26.3 Å². The zero-order valence-electron chi connectivity index (χ0n) is 29.5. The SMILES string of the molecule is C=CCOc1ccc(C(=O)/C=C/c2cc(OC)c(OCC=C)c(-c3cc(/C=C/C(=O)c4ccc(OCC=C)cc4)cc(OC)c3OCC=C)c2)cc1. The summed E-state index contributed by atoms with van der Waals surface area (Å²) in [4.78, 5) is 26.3. The number of allylic oxidation sites excluding steroid dienone is 2. The first kappa shape index (κ1) is 38.3. The Kier molecular flexibility index (Phi) is 14.4. The van der Waals surface area contributed by atoms with Crippen molar-refractivity contribution in [3.63, 3.8) is 0 Å². The molecule has 0 spiro atoms. The number of rotatable bonds is 21. The van der Waals surface area contributed by atoms with Crippen LogP contribution in [0.2, 0.25) is 0 Å². The van der Waals surface area contributed by atoms with Crippen LogP contribution in [0.4, 0.5) is 0 Å². The maximum Gasteiger partial charge on any atom is 0.185 e. The monoisotopic (exact) mass is 698 g/mol. The highest BCUT2D eigenvalue weighted by atomic mass is 16.5. The van der Waals surface area contributed by atoms with Crippen LogP contribution < -0.4 is 28.4 Å². The van der Waals surface area contributed by atoms with Crippen molar-refractivity contribution in [3.05, 3.63) is 158 Å². The minimum absolute atomic E-state index is 0.190. The maximum atomic E-state index is 13.1. The number of methoxy groups -OCH3 is 2. The molecule has 0 saturated carbocycles. The van der Waals surface area contributed by atoms with E-state index < -0.39 is 0 Å². The second-order valence-corrected chi connectivity index (χ2v) is 11.0. The van der Waals surface area contributed by atoms with Gasteiger partial charge in [-0.15, -0.1) is 0 Å². The summed E-state index contributed by atoms with van der Waals surface area (Å²) >= 11 is 0. The van der Waals surface area contributed by atoms with E-state index in [0.29, 0.717) is 81.1 Å². The zero-order chi connectivity index (χ0) is 37.3. The molecule has 4 aromatic rings. The van der Waals surface area contributed by atoms with Crippen LogP contribution >= 0.6 is 0 Å². The van der Waals surface area contributed by atoms with E-state index in [0.717, 1.165) is 0 Å². The lowest BCUT2D eigenvalue weighted by Crippen LogP contribution is -2.03. The molecule has 0 radical (unpaired) electrons.